The number of halogens is 1. The zero-order chi connectivity index (χ0) is 33.9. The number of para-hydroxylation sites is 2. The average Bonchev–Trinajstić information content (AvgIpc) is 3.43. The van der Waals surface area contributed by atoms with Crippen LogP contribution in [0.5, 0.6) is 0 Å². The van der Waals surface area contributed by atoms with Gasteiger partial charge in [0.15, 0.2) is 0 Å². The molecule has 0 spiro atoms. The predicted molar refractivity (Wildman–Crippen MR) is 183 cm³/mol. The minimum atomic E-state index is -0.954. The number of hydrogen-bond donors (Lipinski definition) is 3. The smallest absolute Gasteiger partial charge is 0.337 e. The lowest BCUT2D eigenvalue weighted by molar-refractivity contribution is -0.138. The highest BCUT2D eigenvalue weighted by Crippen LogP contribution is 2.44. The van der Waals surface area contributed by atoms with E-state index in [1.54, 1.807) is 68.7 Å². The number of nitrogens with one attached hydrogen (secondary N) is 2. The fourth-order valence-electron chi connectivity index (χ4n) is 5.99. The first-order chi connectivity index (χ1) is 23.2. The third-order valence-electron chi connectivity index (χ3n) is 8.06. The Balaban J connectivity index is 1.49. The normalized spacial score (nSPS) is 14.5. The largest absolute Gasteiger partial charge is 0.463 e. The molecular formula is C36H31ClN6O5. The number of dihydropyridines is 1. The van der Waals surface area contributed by atoms with Crippen LogP contribution in [0.2, 0.25) is 5.02 Å². The Kier molecular flexibility index (Phi) is 9.06. The number of aryl methyl sites for hydroxylation is 1. The number of imidazole rings is 1. The van der Waals surface area contributed by atoms with Gasteiger partial charge in [-0.05, 0) is 68.3 Å². The SMILES string of the molecule is CCOC(=O)C1=C(c2ccc(-n3c(C)nc4cnccc43)cc2)NC(C)=C(C(=O)Nc2ccccc2N(O)C=O)C1c1ccccc1Cl. The quantitative estimate of drug-likeness (QED) is 0.0723. The molecule has 0 saturated carbocycles. The van der Waals surface area contributed by atoms with E-state index in [1.165, 1.54) is 6.07 Å². The Labute approximate surface area is 281 Å². The minimum Gasteiger partial charge on any atom is -0.463 e. The lowest BCUT2D eigenvalue weighted by atomic mass is 9.78. The third-order valence-corrected chi connectivity index (χ3v) is 8.40. The van der Waals surface area contributed by atoms with Gasteiger partial charge in [-0.15, -0.1) is 0 Å². The summed E-state index contributed by atoms with van der Waals surface area (Å²) in [6, 6.07) is 22.8. The van der Waals surface area contributed by atoms with Crippen LogP contribution in [0.4, 0.5) is 11.4 Å². The van der Waals surface area contributed by atoms with Gasteiger partial charge in [0, 0.05) is 28.2 Å². The highest BCUT2D eigenvalue weighted by atomic mass is 35.5. The molecule has 1 aliphatic rings. The predicted octanol–water partition coefficient (Wildman–Crippen LogP) is 6.31. The monoisotopic (exact) mass is 662 g/mol. The number of carbonyl (C=O) groups is 3. The van der Waals surface area contributed by atoms with Crippen LogP contribution in [0, 0.1) is 6.92 Å². The Bertz CT molecular complexity index is 2120. The van der Waals surface area contributed by atoms with Gasteiger partial charge in [0.05, 0.1) is 46.9 Å². The van der Waals surface area contributed by atoms with E-state index in [0.717, 1.165) is 22.5 Å². The molecule has 1 unspecified atom stereocenters. The van der Waals surface area contributed by atoms with E-state index in [0.29, 0.717) is 32.6 Å². The van der Waals surface area contributed by atoms with Gasteiger partial charge in [-0.1, -0.05) is 54.1 Å². The van der Waals surface area contributed by atoms with Crippen molar-refractivity contribution in [3.05, 3.63) is 130 Å². The molecule has 3 heterocycles. The number of pyridine rings is 1. The molecule has 3 aromatic carbocycles. The number of carbonyl (C=O) groups excluding carboxylic acids is 3. The number of nitrogens with zero attached hydrogens (tertiary/aromatic N) is 4. The molecule has 0 radical (unpaired) electrons. The van der Waals surface area contributed by atoms with Gasteiger partial charge in [0.2, 0.25) is 6.41 Å². The molecule has 0 bridgehead atoms. The minimum absolute atomic E-state index is 0.0660. The van der Waals surface area contributed by atoms with Crippen LogP contribution >= 0.6 is 11.6 Å². The van der Waals surface area contributed by atoms with Gasteiger partial charge in [-0.25, -0.2) is 9.78 Å². The second-order valence-electron chi connectivity index (χ2n) is 11.0. The van der Waals surface area contributed by atoms with E-state index in [9.17, 15) is 19.6 Å². The number of hydroxylamine groups is 1. The summed E-state index contributed by atoms with van der Waals surface area (Å²) < 4.78 is 7.61. The van der Waals surface area contributed by atoms with Gasteiger partial charge < -0.3 is 15.4 Å². The molecule has 3 N–H and O–H groups in total. The van der Waals surface area contributed by atoms with Crippen molar-refractivity contribution in [3.63, 3.8) is 0 Å². The maximum absolute atomic E-state index is 14.2. The van der Waals surface area contributed by atoms with Crippen molar-refractivity contribution >= 4 is 58.0 Å². The number of esters is 1. The second-order valence-corrected chi connectivity index (χ2v) is 11.4. The molecule has 0 fully saturated rings. The van der Waals surface area contributed by atoms with E-state index < -0.39 is 17.8 Å². The molecule has 1 aliphatic heterocycles. The summed E-state index contributed by atoms with van der Waals surface area (Å²) in [6.07, 6.45) is 3.65. The maximum Gasteiger partial charge on any atom is 0.337 e. The van der Waals surface area contributed by atoms with Crippen molar-refractivity contribution < 1.29 is 24.3 Å². The molecule has 242 valence electrons. The first-order valence-electron chi connectivity index (χ1n) is 15.1. The van der Waals surface area contributed by atoms with Gasteiger partial charge in [0.1, 0.15) is 11.3 Å². The standard InChI is InChI=1S/C36H31ClN6O5/c1-4-48-36(46)33-32(25-9-5-6-10-26(25)37)31(35(45)41-27-11-7-8-12-29(27)42(47)20-44)21(2)39-34(33)23-13-15-24(16-14-23)43-22(3)40-28-19-38-18-17-30(28)43/h5-20,32,39,47H,4H2,1-3H3,(H,41,45). The molecule has 48 heavy (non-hydrogen) atoms. The molecule has 11 nitrogen and oxygen atoms in total. The van der Waals surface area contributed by atoms with E-state index >= 15 is 0 Å². The van der Waals surface area contributed by atoms with Crippen LogP contribution < -0.4 is 15.7 Å². The van der Waals surface area contributed by atoms with E-state index in [-0.39, 0.29) is 35.5 Å². The summed E-state index contributed by atoms with van der Waals surface area (Å²) in [5.74, 6) is -1.37. The molecule has 0 saturated heterocycles. The lowest BCUT2D eigenvalue weighted by Gasteiger charge is -2.32. The lowest BCUT2D eigenvalue weighted by Crippen LogP contribution is -2.34. The van der Waals surface area contributed by atoms with Crippen molar-refractivity contribution in [1.82, 2.24) is 19.9 Å². The van der Waals surface area contributed by atoms with Crippen molar-refractivity contribution in [3.8, 4) is 5.69 Å². The molecule has 5 aromatic rings. The van der Waals surface area contributed by atoms with Gasteiger partial charge in [-0.2, -0.15) is 5.06 Å². The number of rotatable bonds is 9. The Morgan fingerprint density at radius 3 is 2.50 bits per heavy atom. The molecule has 6 rings (SSSR count). The number of aromatic nitrogens is 3. The number of ether oxygens (including phenoxy) is 1. The summed E-state index contributed by atoms with van der Waals surface area (Å²) in [5.41, 5.74) is 5.28. The van der Waals surface area contributed by atoms with E-state index in [1.807, 2.05) is 41.8 Å². The van der Waals surface area contributed by atoms with Crippen LogP contribution in [0.15, 0.2) is 108 Å². The van der Waals surface area contributed by atoms with E-state index in [4.69, 9.17) is 16.3 Å². The van der Waals surface area contributed by atoms with E-state index in [2.05, 4.69) is 20.6 Å². The fraction of sp³-hybridized carbons (Fsp3) is 0.139. The molecule has 12 heteroatoms. The highest BCUT2D eigenvalue weighted by Gasteiger charge is 2.39. The molecule has 2 aromatic heterocycles. The first-order valence-corrected chi connectivity index (χ1v) is 15.5. The van der Waals surface area contributed by atoms with Gasteiger partial charge in [-0.3, -0.25) is 24.3 Å². The molecular weight excluding hydrogens is 632 g/mol. The highest BCUT2D eigenvalue weighted by molar-refractivity contribution is 6.31. The van der Waals surface area contributed by atoms with Crippen molar-refractivity contribution in [1.29, 1.82) is 0 Å². The number of amides is 2. The third kappa shape index (κ3) is 5.92. The van der Waals surface area contributed by atoms with Gasteiger partial charge >= 0.3 is 5.97 Å². The second kappa shape index (κ2) is 13.5. The number of benzene rings is 3. The summed E-state index contributed by atoms with van der Waals surface area (Å²) in [7, 11) is 0. The topological polar surface area (TPSA) is 139 Å². The van der Waals surface area contributed by atoms with Crippen LogP contribution in [0.1, 0.15) is 36.7 Å². The van der Waals surface area contributed by atoms with Crippen molar-refractivity contribution in [2.75, 3.05) is 17.0 Å². The number of allylic oxidation sites excluding steroid dienone is 1. The zero-order valence-electron chi connectivity index (χ0n) is 26.3. The average molecular weight is 663 g/mol. The van der Waals surface area contributed by atoms with Crippen molar-refractivity contribution in [2.45, 2.75) is 26.7 Å². The van der Waals surface area contributed by atoms with Crippen molar-refractivity contribution in [2.24, 2.45) is 0 Å². The fourth-order valence-corrected chi connectivity index (χ4v) is 6.23. The summed E-state index contributed by atoms with van der Waals surface area (Å²) in [6.45, 7) is 5.46. The van der Waals surface area contributed by atoms with Crippen LogP contribution in [-0.4, -0.2) is 44.6 Å². The van der Waals surface area contributed by atoms with Gasteiger partial charge in [0.25, 0.3) is 5.91 Å². The first kappa shape index (κ1) is 32.2. The Morgan fingerprint density at radius 1 is 1.04 bits per heavy atom. The molecule has 2 amide bonds. The van der Waals surface area contributed by atoms with Crippen LogP contribution in [0.3, 0.4) is 0 Å². The number of hydrogen-bond acceptors (Lipinski definition) is 8. The summed E-state index contributed by atoms with van der Waals surface area (Å²) >= 11 is 6.76. The maximum atomic E-state index is 14.2. The summed E-state index contributed by atoms with van der Waals surface area (Å²) in [4.78, 5) is 48.3. The summed E-state index contributed by atoms with van der Waals surface area (Å²) in [5, 5.41) is 17.0. The molecule has 1 atom stereocenters. The number of fused-ring (bicyclic) bond motifs is 1. The zero-order valence-corrected chi connectivity index (χ0v) is 27.0. The van der Waals surface area contributed by atoms with Crippen LogP contribution in [0.25, 0.3) is 22.4 Å². The number of anilines is 2. The Morgan fingerprint density at radius 2 is 1.77 bits per heavy atom. The Hall–Kier alpha value is -5.78. The van der Waals surface area contributed by atoms with Crippen LogP contribution in [-0.2, 0) is 19.1 Å². The molecule has 0 aliphatic carbocycles.